The lowest BCUT2D eigenvalue weighted by Crippen LogP contribution is -3.15. The molecule has 31 heavy (non-hydrogen) atoms. The summed E-state index contributed by atoms with van der Waals surface area (Å²) in [6, 6.07) is 15.4. The first kappa shape index (κ1) is 21.2. The highest BCUT2D eigenvalue weighted by Gasteiger charge is 2.27. The summed E-state index contributed by atoms with van der Waals surface area (Å²) in [5, 5.41) is 0. The third-order valence-electron chi connectivity index (χ3n) is 5.98. The van der Waals surface area contributed by atoms with E-state index in [0.29, 0.717) is 19.7 Å². The SMILES string of the molecule is CC(=O)c1ccc(N2CC[NH+](CC(=O)N(C)C[C@H]3COc4ccccc4O3)CC2)cc1. The molecule has 7 heteroatoms. The number of rotatable bonds is 6. The van der Waals surface area contributed by atoms with Gasteiger partial charge in [-0.05, 0) is 43.3 Å². The van der Waals surface area contributed by atoms with Crippen molar-refractivity contribution in [2.45, 2.75) is 13.0 Å². The largest absolute Gasteiger partial charge is 0.486 e. The Morgan fingerprint density at radius 3 is 2.42 bits per heavy atom. The van der Waals surface area contributed by atoms with Gasteiger partial charge in [0.2, 0.25) is 0 Å². The number of carbonyl (C=O) groups is 2. The monoisotopic (exact) mass is 424 g/mol. The third-order valence-corrected chi connectivity index (χ3v) is 5.98. The van der Waals surface area contributed by atoms with Crippen LogP contribution in [-0.2, 0) is 4.79 Å². The molecule has 0 unspecified atom stereocenters. The molecule has 0 bridgehead atoms. The Morgan fingerprint density at radius 2 is 1.74 bits per heavy atom. The molecule has 0 aromatic heterocycles. The van der Waals surface area contributed by atoms with E-state index in [1.807, 2.05) is 55.6 Å². The summed E-state index contributed by atoms with van der Waals surface area (Å²) in [6.45, 7) is 6.62. The van der Waals surface area contributed by atoms with Crippen LogP contribution in [0.5, 0.6) is 11.5 Å². The molecule has 2 aromatic carbocycles. The van der Waals surface area contributed by atoms with Crippen LogP contribution >= 0.6 is 0 Å². The van der Waals surface area contributed by atoms with Crippen LogP contribution in [0.3, 0.4) is 0 Å². The first-order chi connectivity index (χ1) is 15.0. The van der Waals surface area contributed by atoms with E-state index in [2.05, 4.69) is 4.90 Å². The zero-order valence-corrected chi connectivity index (χ0v) is 18.2. The van der Waals surface area contributed by atoms with Crippen LogP contribution < -0.4 is 19.3 Å². The molecule has 1 atom stereocenters. The highest BCUT2D eigenvalue weighted by Crippen LogP contribution is 2.30. The maximum absolute atomic E-state index is 12.7. The molecule has 0 aliphatic carbocycles. The summed E-state index contributed by atoms with van der Waals surface area (Å²) in [7, 11) is 1.83. The second-order valence-electron chi connectivity index (χ2n) is 8.29. The van der Waals surface area contributed by atoms with Gasteiger partial charge in [-0.3, -0.25) is 9.59 Å². The Morgan fingerprint density at radius 1 is 1.06 bits per heavy atom. The number of amides is 1. The number of nitrogens with one attached hydrogen (secondary N) is 1. The van der Waals surface area contributed by atoms with Gasteiger partial charge >= 0.3 is 0 Å². The number of piperazine rings is 1. The number of quaternary nitrogens is 1. The number of ketones is 1. The van der Waals surface area contributed by atoms with E-state index in [4.69, 9.17) is 9.47 Å². The molecule has 0 spiro atoms. The second kappa shape index (κ2) is 9.39. The lowest BCUT2D eigenvalue weighted by Gasteiger charge is -2.34. The fourth-order valence-electron chi connectivity index (χ4n) is 4.07. The van der Waals surface area contributed by atoms with Crippen molar-refractivity contribution in [3.63, 3.8) is 0 Å². The number of hydrogen-bond donors (Lipinski definition) is 1. The molecule has 2 heterocycles. The summed E-state index contributed by atoms with van der Waals surface area (Å²) in [4.78, 5) is 29.5. The van der Waals surface area contributed by atoms with E-state index in [1.54, 1.807) is 11.8 Å². The van der Waals surface area contributed by atoms with E-state index in [1.165, 1.54) is 4.90 Å². The summed E-state index contributed by atoms with van der Waals surface area (Å²) in [5.41, 5.74) is 1.86. The summed E-state index contributed by atoms with van der Waals surface area (Å²) in [5.74, 6) is 1.69. The van der Waals surface area contributed by atoms with Gasteiger partial charge in [-0.1, -0.05) is 12.1 Å². The Hall–Kier alpha value is -3.06. The highest BCUT2D eigenvalue weighted by molar-refractivity contribution is 5.94. The molecule has 4 rings (SSSR count). The van der Waals surface area contributed by atoms with Gasteiger partial charge in [-0.25, -0.2) is 0 Å². The molecule has 0 saturated carbocycles. The van der Waals surface area contributed by atoms with Crippen LogP contribution in [0.2, 0.25) is 0 Å². The number of nitrogens with zero attached hydrogens (tertiary/aromatic N) is 2. The number of ether oxygens (including phenoxy) is 2. The average molecular weight is 425 g/mol. The number of carbonyl (C=O) groups excluding carboxylic acids is 2. The molecule has 7 nitrogen and oxygen atoms in total. The summed E-state index contributed by atoms with van der Waals surface area (Å²) in [6.07, 6.45) is -0.159. The minimum atomic E-state index is -0.159. The molecule has 1 amide bonds. The number of likely N-dealkylation sites (N-methyl/N-ethyl adjacent to an activating group) is 1. The smallest absolute Gasteiger partial charge is 0.277 e. The summed E-state index contributed by atoms with van der Waals surface area (Å²) < 4.78 is 11.7. The van der Waals surface area contributed by atoms with Gasteiger partial charge < -0.3 is 24.2 Å². The van der Waals surface area contributed by atoms with Gasteiger partial charge in [0.15, 0.2) is 29.9 Å². The maximum atomic E-state index is 12.7. The van der Waals surface area contributed by atoms with Crippen molar-refractivity contribution in [3.8, 4) is 11.5 Å². The minimum absolute atomic E-state index is 0.0813. The lowest BCUT2D eigenvalue weighted by molar-refractivity contribution is -0.892. The molecular formula is C24H30N3O4+. The Kier molecular flexibility index (Phi) is 6.42. The van der Waals surface area contributed by atoms with E-state index < -0.39 is 0 Å². The van der Waals surface area contributed by atoms with Crippen molar-refractivity contribution >= 4 is 17.4 Å². The first-order valence-electron chi connectivity index (χ1n) is 10.8. The van der Waals surface area contributed by atoms with Crippen molar-refractivity contribution < 1.29 is 24.0 Å². The van der Waals surface area contributed by atoms with Gasteiger partial charge in [0, 0.05) is 18.3 Å². The second-order valence-corrected chi connectivity index (χ2v) is 8.29. The van der Waals surface area contributed by atoms with E-state index in [0.717, 1.165) is 48.9 Å². The number of para-hydroxylation sites is 2. The van der Waals surface area contributed by atoms with Crippen molar-refractivity contribution in [1.29, 1.82) is 0 Å². The molecule has 1 N–H and O–H groups in total. The maximum Gasteiger partial charge on any atom is 0.277 e. The molecule has 1 saturated heterocycles. The van der Waals surface area contributed by atoms with Crippen LogP contribution in [-0.4, -0.2) is 75.6 Å². The Labute approximate surface area is 183 Å². The van der Waals surface area contributed by atoms with Gasteiger partial charge in [0.1, 0.15) is 6.61 Å². The third kappa shape index (κ3) is 5.17. The van der Waals surface area contributed by atoms with Crippen LogP contribution in [0.15, 0.2) is 48.5 Å². The number of fused-ring (bicyclic) bond motifs is 1. The molecule has 1 fully saturated rings. The molecule has 2 aliphatic heterocycles. The van der Waals surface area contributed by atoms with Crippen molar-refractivity contribution in [3.05, 3.63) is 54.1 Å². The van der Waals surface area contributed by atoms with Crippen LogP contribution in [0.1, 0.15) is 17.3 Å². The average Bonchev–Trinajstić information content (AvgIpc) is 2.79. The van der Waals surface area contributed by atoms with Crippen molar-refractivity contribution in [2.24, 2.45) is 0 Å². The molecule has 164 valence electrons. The number of hydrogen-bond acceptors (Lipinski definition) is 5. The number of anilines is 1. The van der Waals surface area contributed by atoms with Gasteiger partial charge in [-0.2, -0.15) is 0 Å². The van der Waals surface area contributed by atoms with Crippen LogP contribution in [0.4, 0.5) is 5.69 Å². The van der Waals surface area contributed by atoms with Crippen molar-refractivity contribution in [1.82, 2.24) is 4.90 Å². The minimum Gasteiger partial charge on any atom is -0.486 e. The molecular weight excluding hydrogens is 394 g/mol. The van der Waals surface area contributed by atoms with Gasteiger partial charge in [0.05, 0.1) is 32.7 Å². The quantitative estimate of drug-likeness (QED) is 0.698. The zero-order valence-electron chi connectivity index (χ0n) is 18.2. The van der Waals surface area contributed by atoms with E-state index in [-0.39, 0.29) is 17.8 Å². The lowest BCUT2D eigenvalue weighted by atomic mass is 10.1. The van der Waals surface area contributed by atoms with Crippen molar-refractivity contribution in [2.75, 3.05) is 57.8 Å². The molecule has 0 radical (unpaired) electrons. The summed E-state index contributed by atoms with van der Waals surface area (Å²) >= 11 is 0. The topological polar surface area (TPSA) is 63.5 Å². The fourth-order valence-corrected chi connectivity index (χ4v) is 4.07. The normalized spacial score (nSPS) is 18.5. The number of benzene rings is 2. The van der Waals surface area contributed by atoms with E-state index >= 15 is 0 Å². The zero-order chi connectivity index (χ0) is 21.8. The predicted molar refractivity (Wildman–Crippen MR) is 118 cm³/mol. The van der Waals surface area contributed by atoms with E-state index in [9.17, 15) is 9.59 Å². The molecule has 2 aliphatic rings. The number of Topliss-reactive ketones (excluding diaryl/α,β-unsaturated/α-hetero) is 1. The van der Waals surface area contributed by atoms with Crippen LogP contribution in [0.25, 0.3) is 0 Å². The Bertz CT molecular complexity index is 923. The standard InChI is InChI=1S/C24H29N3O4/c1-18(28)19-7-9-20(10-8-19)27-13-11-26(12-14-27)16-24(29)25(2)15-21-17-30-22-5-3-4-6-23(22)31-21/h3-10,21H,11-17H2,1-2H3/p+1/t21-/m0/s1. The first-order valence-corrected chi connectivity index (χ1v) is 10.8. The predicted octanol–water partition coefficient (Wildman–Crippen LogP) is 0.893. The van der Waals surface area contributed by atoms with Crippen LogP contribution in [0, 0.1) is 0 Å². The Balaban J connectivity index is 1.23. The van der Waals surface area contributed by atoms with Gasteiger partial charge in [-0.15, -0.1) is 0 Å². The highest BCUT2D eigenvalue weighted by atomic mass is 16.6. The fraction of sp³-hybridized carbons (Fsp3) is 0.417. The molecule has 2 aromatic rings. The van der Waals surface area contributed by atoms with Gasteiger partial charge in [0.25, 0.3) is 5.91 Å².